The Morgan fingerprint density at radius 3 is 2.11 bits per heavy atom. The van der Waals surface area contributed by atoms with E-state index in [0.29, 0.717) is 37.0 Å². The SMILES string of the molecule is CS(=O)(=O)c1c(-c2nnc(C3(c4ccc(Cl)cc4)CC3)s2)nn(-c2ccccc2Cl)c1-c1ccc(Cl)cc1. The maximum atomic E-state index is 13.3. The molecule has 0 radical (unpaired) electrons. The van der Waals surface area contributed by atoms with Crippen LogP contribution in [0.3, 0.4) is 0 Å². The summed E-state index contributed by atoms with van der Waals surface area (Å²) in [5.41, 5.74) is 2.63. The highest BCUT2D eigenvalue weighted by molar-refractivity contribution is 7.91. The van der Waals surface area contributed by atoms with Crippen LogP contribution in [0.15, 0.2) is 77.7 Å². The Morgan fingerprint density at radius 2 is 1.50 bits per heavy atom. The number of nitrogens with zero attached hydrogens (tertiary/aromatic N) is 4. The van der Waals surface area contributed by atoms with Gasteiger partial charge in [0.2, 0.25) is 0 Å². The van der Waals surface area contributed by atoms with Gasteiger partial charge in [-0.05, 0) is 54.8 Å². The first-order chi connectivity index (χ1) is 18.2. The normalized spacial score (nSPS) is 14.5. The lowest BCUT2D eigenvalue weighted by atomic mass is 9.97. The molecule has 0 saturated heterocycles. The van der Waals surface area contributed by atoms with Crippen molar-refractivity contribution in [3.05, 3.63) is 98.4 Å². The van der Waals surface area contributed by atoms with Gasteiger partial charge in [0, 0.05) is 27.3 Å². The number of sulfone groups is 1. The highest BCUT2D eigenvalue weighted by atomic mass is 35.5. The molecule has 2 heterocycles. The summed E-state index contributed by atoms with van der Waals surface area (Å²) in [4.78, 5) is 0.0544. The minimum atomic E-state index is -3.77. The van der Waals surface area contributed by atoms with Gasteiger partial charge in [-0.15, -0.1) is 10.2 Å². The summed E-state index contributed by atoms with van der Waals surface area (Å²) in [6.07, 6.45) is 3.01. The molecular weight excluding hydrogens is 583 g/mol. The number of halogens is 3. The molecule has 0 aliphatic heterocycles. The van der Waals surface area contributed by atoms with E-state index in [1.165, 1.54) is 17.6 Å². The molecule has 0 atom stereocenters. The molecule has 0 spiro atoms. The molecule has 1 aliphatic carbocycles. The van der Waals surface area contributed by atoms with Crippen molar-refractivity contribution in [1.82, 2.24) is 20.0 Å². The van der Waals surface area contributed by atoms with Gasteiger partial charge >= 0.3 is 0 Å². The minimum Gasteiger partial charge on any atom is -0.229 e. The number of benzene rings is 3. The Labute approximate surface area is 238 Å². The largest absolute Gasteiger partial charge is 0.229 e. The minimum absolute atomic E-state index is 0.0544. The van der Waals surface area contributed by atoms with Crippen molar-refractivity contribution in [1.29, 1.82) is 0 Å². The third-order valence-corrected chi connectivity index (χ3v) is 9.68. The number of hydrogen-bond acceptors (Lipinski definition) is 6. The van der Waals surface area contributed by atoms with Crippen LogP contribution in [0.1, 0.15) is 23.4 Å². The fourth-order valence-corrected chi connectivity index (χ4v) is 7.27. The van der Waals surface area contributed by atoms with Crippen molar-refractivity contribution in [3.8, 4) is 27.6 Å². The maximum absolute atomic E-state index is 13.3. The Balaban J connectivity index is 1.57. The van der Waals surface area contributed by atoms with Crippen molar-refractivity contribution >= 4 is 56.0 Å². The summed E-state index contributed by atoms with van der Waals surface area (Å²) in [6, 6.07) is 21.8. The molecule has 5 aromatic rings. The highest BCUT2D eigenvalue weighted by Crippen LogP contribution is 2.55. The van der Waals surface area contributed by atoms with Crippen LogP contribution in [0.2, 0.25) is 15.1 Å². The predicted octanol–water partition coefficient (Wildman–Crippen LogP) is 7.50. The van der Waals surface area contributed by atoms with Crippen molar-refractivity contribution in [3.63, 3.8) is 0 Å². The van der Waals surface area contributed by atoms with E-state index in [0.717, 1.165) is 23.4 Å². The summed E-state index contributed by atoms with van der Waals surface area (Å²) < 4.78 is 28.2. The zero-order chi connectivity index (χ0) is 26.7. The lowest BCUT2D eigenvalue weighted by molar-refractivity contribution is 0.602. The van der Waals surface area contributed by atoms with E-state index >= 15 is 0 Å². The van der Waals surface area contributed by atoms with Crippen molar-refractivity contribution in [2.45, 2.75) is 23.2 Å². The van der Waals surface area contributed by atoms with Crippen LogP contribution in [0.25, 0.3) is 27.6 Å². The van der Waals surface area contributed by atoms with Gasteiger partial charge in [0.25, 0.3) is 0 Å². The number of aromatic nitrogens is 4. The first-order valence-electron chi connectivity index (χ1n) is 11.6. The number of rotatable bonds is 6. The second-order valence-electron chi connectivity index (χ2n) is 9.17. The molecule has 3 aromatic carbocycles. The fraction of sp³-hybridized carbons (Fsp3) is 0.148. The van der Waals surface area contributed by atoms with Gasteiger partial charge in [-0.1, -0.05) is 82.5 Å². The van der Waals surface area contributed by atoms with E-state index in [2.05, 4.69) is 10.2 Å². The van der Waals surface area contributed by atoms with Gasteiger partial charge in [-0.2, -0.15) is 5.10 Å². The topological polar surface area (TPSA) is 77.7 Å². The van der Waals surface area contributed by atoms with Crippen molar-refractivity contribution in [2.75, 3.05) is 6.26 Å². The van der Waals surface area contributed by atoms with Crippen LogP contribution in [-0.4, -0.2) is 34.7 Å². The zero-order valence-electron chi connectivity index (χ0n) is 19.9. The molecule has 1 aliphatic rings. The first kappa shape index (κ1) is 25.5. The van der Waals surface area contributed by atoms with Crippen LogP contribution in [0, 0.1) is 0 Å². The Hall–Kier alpha value is -2.75. The van der Waals surface area contributed by atoms with E-state index in [1.807, 2.05) is 30.3 Å². The lowest BCUT2D eigenvalue weighted by Gasteiger charge is -2.11. The van der Waals surface area contributed by atoms with E-state index in [-0.39, 0.29) is 16.0 Å². The quantitative estimate of drug-likeness (QED) is 0.201. The highest BCUT2D eigenvalue weighted by Gasteiger charge is 2.49. The molecule has 11 heteroatoms. The number of hydrogen-bond donors (Lipinski definition) is 0. The Bertz CT molecular complexity index is 1780. The van der Waals surface area contributed by atoms with Crippen LogP contribution >= 0.6 is 46.1 Å². The van der Waals surface area contributed by atoms with Gasteiger partial charge in [-0.3, -0.25) is 0 Å². The second-order valence-corrected chi connectivity index (χ2v) is 13.4. The van der Waals surface area contributed by atoms with Crippen molar-refractivity contribution < 1.29 is 8.42 Å². The summed E-state index contributed by atoms with van der Waals surface area (Å²) in [7, 11) is -3.77. The Morgan fingerprint density at radius 1 is 0.868 bits per heavy atom. The number of para-hydroxylation sites is 1. The van der Waals surface area contributed by atoms with E-state index in [4.69, 9.17) is 39.9 Å². The second kappa shape index (κ2) is 9.47. The molecule has 6 nitrogen and oxygen atoms in total. The van der Waals surface area contributed by atoms with Crippen LogP contribution in [0.5, 0.6) is 0 Å². The smallest absolute Gasteiger partial charge is 0.180 e. The summed E-state index contributed by atoms with van der Waals surface area (Å²) >= 11 is 20.1. The summed E-state index contributed by atoms with van der Waals surface area (Å²) in [5.74, 6) is 0. The molecule has 1 fully saturated rings. The van der Waals surface area contributed by atoms with Gasteiger partial charge < -0.3 is 0 Å². The van der Waals surface area contributed by atoms with Gasteiger partial charge in [0.1, 0.15) is 15.6 Å². The van der Waals surface area contributed by atoms with E-state index in [9.17, 15) is 8.42 Å². The molecule has 192 valence electrons. The van der Waals surface area contributed by atoms with Gasteiger partial charge in [0.15, 0.2) is 14.8 Å². The molecular formula is C27H19Cl3N4O2S2. The third kappa shape index (κ3) is 4.44. The van der Waals surface area contributed by atoms with E-state index < -0.39 is 9.84 Å². The third-order valence-electron chi connectivity index (χ3n) is 6.59. The summed E-state index contributed by atoms with van der Waals surface area (Å²) in [6.45, 7) is 0. The average molecular weight is 602 g/mol. The molecule has 0 N–H and O–H groups in total. The summed E-state index contributed by atoms with van der Waals surface area (Å²) in [5, 5.41) is 16.6. The standard InChI is InChI=1S/C27H19Cl3N4O2S2/c1-38(35,36)24-22(25-31-32-26(37-25)27(14-15-27)17-8-12-19(29)13-9-17)33-34(21-5-3-2-4-20(21)30)23(24)16-6-10-18(28)11-7-16/h2-13H,14-15H2,1H3. The molecule has 0 amide bonds. The fourth-order valence-electron chi connectivity index (χ4n) is 4.59. The monoisotopic (exact) mass is 600 g/mol. The molecule has 0 unspecified atom stereocenters. The van der Waals surface area contributed by atoms with Gasteiger partial charge in [-0.25, -0.2) is 13.1 Å². The molecule has 1 saturated carbocycles. The lowest BCUT2D eigenvalue weighted by Crippen LogP contribution is -2.07. The van der Waals surface area contributed by atoms with Crippen molar-refractivity contribution in [2.24, 2.45) is 0 Å². The average Bonchev–Trinajstić information content (AvgIpc) is 3.35. The van der Waals surface area contributed by atoms with E-state index in [1.54, 1.807) is 47.1 Å². The van der Waals surface area contributed by atoms with Crippen LogP contribution in [-0.2, 0) is 15.3 Å². The van der Waals surface area contributed by atoms with Crippen LogP contribution < -0.4 is 0 Å². The molecule has 0 bridgehead atoms. The Kier molecular flexibility index (Phi) is 6.36. The zero-order valence-corrected chi connectivity index (χ0v) is 23.8. The van der Waals surface area contributed by atoms with Gasteiger partial charge in [0.05, 0.1) is 16.4 Å². The van der Waals surface area contributed by atoms with Crippen LogP contribution in [0.4, 0.5) is 0 Å². The maximum Gasteiger partial charge on any atom is 0.180 e. The predicted molar refractivity (Wildman–Crippen MR) is 152 cm³/mol. The molecule has 38 heavy (non-hydrogen) atoms. The first-order valence-corrected chi connectivity index (χ1v) is 15.5. The molecule has 2 aromatic heterocycles. The molecule has 6 rings (SSSR count).